The van der Waals surface area contributed by atoms with E-state index in [1.807, 2.05) is 4.57 Å². The largest absolute Gasteiger partial charge is 0.333 e. The Bertz CT molecular complexity index is 469. The van der Waals surface area contributed by atoms with Crippen LogP contribution in [0, 0.1) is 5.92 Å². The van der Waals surface area contributed by atoms with Crippen LogP contribution in [0.2, 0.25) is 0 Å². The lowest BCUT2D eigenvalue weighted by Gasteiger charge is -2.27. The molecule has 2 rings (SSSR count). The molecule has 0 spiro atoms. The average molecular weight is 263 g/mol. The standard InChI is InChI=1S/C10H15ClN2O2S/c1-8-3-2-4-9(5-8)13-6-10(12-7-13)16(11,14)15/h6-9H,2-5H2,1H3. The fourth-order valence-electron chi connectivity index (χ4n) is 2.32. The van der Waals surface area contributed by atoms with Crippen LogP contribution in [0.5, 0.6) is 0 Å². The molecule has 90 valence electrons. The Balaban J connectivity index is 2.18. The molecule has 1 aromatic rings. The van der Waals surface area contributed by atoms with E-state index in [9.17, 15) is 8.42 Å². The van der Waals surface area contributed by atoms with Crippen molar-refractivity contribution >= 4 is 19.7 Å². The molecule has 1 aliphatic carbocycles. The van der Waals surface area contributed by atoms with Gasteiger partial charge in [-0.25, -0.2) is 13.4 Å². The minimum atomic E-state index is -3.69. The Hall–Kier alpha value is -0.550. The molecule has 2 unspecified atom stereocenters. The Labute approximate surface area is 100 Å². The summed E-state index contributed by atoms with van der Waals surface area (Å²) in [6, 6.07) is 0.364. The minimum absolute atomic E-state index is 0.0487. The van der Waals surface area contributed by atoms with Crippen molar-refractivity contribution in [2.45, 2.75) is 43.7 Å². The topological polar surface area (TPSA) is 52.0 Å². The van der Waals surface area contributed by atoms with Crippen molar-refractivity contribution in [2.75, 3.05) is 0 Å². The maximum atomic E-state index is 11.1. The Morgan fingerprint density at radius 1 is 1.50 bits per heavy atom. The van der Waals surface area contributed by atoms with E-state index in [2.05, 4.69) is 11.9 Å². The molecule has 6 heteroatoms. The lowest BCUT2D eigenvalue weighted by Crippen LogP contribution is -2.16. The van der Waals surface area contributed by atoms with Gasteiger partial charge in [-0.1, -0.05) is 19.8 Å². The summed E-state index contributed by atoms with van der Waals surface area (Å²) in [4.78, 5) is 3.83. The highest BCUT2D eigenvalue weighted by atomic mass is 35.7. The van der Waals surface area contributed by atoms with E-state index in [-0.39, 0.29) is 5.03 Å². The summed E-state index contributed by atoms with van der Waals surface area (Å²) < 4.78 is 24.0. The van der Waals surface area contributed by atoms with E-state index in [1.165, 1.54) is 19.0 Å². The van der Waals surface area contributed by atoms with Crippen LogP contribution in [0.15, 0.2) is 17.6 Å². The first-order valence-corrected chi connectivity index (χ1v) is 7.76. The number of hydrogen-bond donors (Lipinski definition) is 0. The van der Waals surface area contributed by atoms with Crippen LogP contribution >= 0.6 is 10.7 Å². The predicted octanol–water partition coefficient (Wildman–Crippen LogP) is 2.56. The van der Waals surface area contributed by atoms with Gasteiger partial charge in [-0.3, -0.25) is 0 Å². The fourth-order valence-corrected chi connectivity index (χ4v) is 2.98. The average Bonchev–Trinajstić information content (AvgIpc) is 2.65. The smallest absolute Gasteiger partial charge is 0.280 e. The van der Waals surface area contributed by atoms with Crippen LogP contribution in [0.1, 0.15) is 38.6 Å². The first-order valence-electron chi connectivity index (χ1n) is 5.45. The molecule has 1 aliphatic rings. The first kappa shape index (κ1) is 11.9. The summed E-state index contributed by atoms with van der Waals surface area (Å²) in [6.45, 7) is 2.22. The minimum Gasteiger partial charge on any atom is -0.333 e. The molecule has 2 atom stereocenters. The fraction of sp³-hybridized carbons (Fsp3) is 0.700. The van der Waals surface area contributed by atoms with Crippen molar-refractivity contribution in [1.29, 1.82) is 0 Å². The van der Waals surface area contributed by atoms with Crippen LogP contribution in [0.3, 0.4) is 0 Å². The van der Waals surface area contributed by atoms with E-state index in [1.54, 1.807) is 6.33 Å². The SMILES string of the molecule is CC1CCCC(n2cnc(S(=O)(=O)Cl)c2)C1. The number of nitrogens with zero attached hydrogens (tertiary/aromatic N) is 2. The maximum Gasteiger partial charge on any atom is 0.280 e. The van der Waals surface area contributed by atoms with Gasteiger partial charge in [-0.15, -0.1) is 0 Å². The number of hydrogen-bond acceptors (Lipinski definition) is 3. The molecule has 1 fully saturated rings. The summed E-state index contributed by atoms with van der Waals surface area (Å²) in [5.41, 5.74) is 0. The Morgan fingerprint density at radius 3 is 2.81 bits per heavy atom. The van der Waals surface area contributed by atoms with E-state index < -0.39 is 9.05 Å². The number of imidazole rings is 1. The molecule has 1 heterocycles. The van der Waals surface area contributed by atoms with Crippen molar-refractivity contribution in [3.63, 3.8) is 0 Å². The van der Waals surface area contributed by atoms with Crippen LogP contribution in [0.25, 0.3) is 0 Å². The van der Waals surface area contributed by atoms with Crippen LogP contribution in [-0.2, 0) is 9.05 Å². The zero-order valence-corrected chi connectivity index (χ0v) is 10.7. The summed E-state index contributed by atoms with van der Waals surface area (Å²) in [6.07, 6.45) is 7.71. The molecule has 0 amide bonds. The highest BCUT2D eigenvalue weighted by molar-refractivity contribution is 8.13. The second-order valence-corrected chi connectivity index (χ2v) is 7.04. The van der Waals surface area contributed by atoms with Gasteiger partial charge in [0, 0.05) is 22.9 Å². The third kappa shape index (κ3) is 2.58. The van der Waals surface area contributed by atoms with E-state index in [4.69, 9.17) is 10.7 Å². The Kier molecular flexibility index (Phi) is 3.26. The Morgan fingerprint density at radius 2 is 2.25 bits per heavy atom. The summed E-state index contributed by atoms with van der Waals surface area (Å²) in [7, 11) is 1.54. The molecule has 0 aliphatic heterocycles. The molecule has 1 saturated carbocycles. The van der Waals surface area contributed by atoms with Gasteiger partial charge in [0.15, 0.2) is 5.03 Å². The lowest BCUT2D eigenvalue weighted by atomic mass is 9.87. The van der Waals surface area contributed by atoms with Gasteiger partial charge in [0.25, 0.3) is 9.05 Å². The maximum absolute atomic E-state index is 11.1. The van der Waals surface area contributed by atoms with Crippen molar-refractivity contribution in [3.05, 3.63) is 12.5 Å². The molecule has 0 aromatic carbocycles. The van der Waals surface area contributed by atoms with Crippen molar-refractivity contribution in [2.24, 2.45) is 5.92 Å². The molecular weight excluding hydrogens is 248 g/mol. The normalized spacial score (nSPS) is 26.9. The molecule has 16 heavy (non-hydrogen) atoms. The molecule has 0 N–H and O–H groups in total. The molecule has 4 nitrogen and oxygen atoms in total. The number of aromatic nitrogens is 2. The third-order valence-electron chi connectivity index (χ3n) is 3.16. The second-order valence-electron chi connectivity index (χ2n) is 4.52. The second kappa shape index (κ2) is 4.37. The highest BCUT2D eigenvalue weighted by Crippen LogP contribution is 2.32. The quantitative estimate of drug-likeness (QED) is 0.770. The van der Waals surface area contributed by atoms with Crippen LogP contribution in [-0.4, -0.2) is 18.0 Å². The molecular formula is C10H15ClN2O2S. The predicted molar refractivity (Wildman–Crippen MR) is 61.9 cm³/mol. The van der Waals surface area contributed by atoms with E-state index >= 15 is 0 Å². The zero-order valence-electron chi connectivity index (χ0n) is 9.13. The van der Waals surface area contributed by atoms with Gasteiger partial charge < -0.3 is 4.57 Å². The first-order chi connectivity index (χ1) is 7.47. The summed E-state index contributed by atoms with van der Waals surface area (Å²) in [5, 5.41) is -0.0487. The third-order valence-corrected chi connectivity index (χ3v) is 4.34. The van der Waals surface area contributed by atoms with Gasteiger partial charge in [0.05, 0.1) is 6.33 Å². The van der Waals surface area contributed by atoms with Gasteiger partial charge >= 0.3 is 0 Å². The molecule has 0 saturated heterocycles. The van der Waals surface area contributed by atoms with Gasteiger partial charge in [0.2, 0.25) is 0 Å². The van der Waals surface area contributed by atoms with Crippen LogP contribution in [0.4, 0.5) is 0 Å². The van der Waals surface area contributed by atoms with Gasteiger partial charge in [-0.05, 0) is 18.8 Å². The molecule has 0 bridgehead atoms. The number of rotatable bonds is 2. The zero-order chi connectivity index (χ0) is 11.8. The molecule has 1 aromatic heterocycles. The van der Waals surface area contributed by atoms with Crippen molar-refractivity contribution in [3.8, 4) is 0 Å². The van der Waals surface area contributed by atoms with Crippen molar-refractivity contribution in [1.82, 2.24) is 9.55 Å². The lowest BCUT2D eigenvalue weighted by molar-refractivity contribution is 0.282. The molecule has 0 radical (unpaired) electrons. The van der Waals surface area contributed by atoms with E-state index in [0.29, 0.717) is 12.0 Å². The highest BCUT2D eigenvalue weighted by Gasteiger charge is 2.22. The number of halogens is 1. The van der Waals surface area contributed by atoms with Gasteiger partial charge in [-0.2, -0.15) is 0 Å². The van der Waals surface area contributed by atoms with Crippen LogP contribution < -0.4 is 0 Å². The monoisotopic (exact) mass is 262 g/mol. The van der Waals surface area contributed by atoms with E-state index in [0.717, 1.165) is 12.8 Å². The van der Waals surface area contributed by atoms with Gasteiger partial charge in [0.1, 0.15) is 0 Å². The van der Waals surface area contributed by atoms with Crippen molar-refractivity contribution < 1.29 is 8.42 Å². The summed E-state index contributed by atoms with van der Waals surface area (Å²) >= 11 is 0. The summed E-state index contributed by atoms with van der Waals surface area (Å²) in [5.74, 6) is 0.692.